The minimum absolute atomic E-state index is 0.868. The molecule has 0 aliphatic heterocycles. The maximum atomic E-state index is 4.82. The zero-order valence-electron chi connectivity index (χ0n) is 12.3. The minimum Gasteiger partial charge on any atom is -0.291 e. The Labute approximate surface area is 128 Å². The van der Waals surface area contributed by atoms with E-state index in [0.717, 1.165) is 28.2 Å². The van der Waals surface area contributed by atoms with Crippen LogP contribution in [0.2, 0.25) is 0 Å². The lowest BCUT2D eigenvalue weighted by molar-refractivity contribution is 1.08. The Bertz CT molecular complexity index is 925. The number of rotatable bonds is 2. The predicted octanol–water partition coefficient (Wildman–Crippen LogP) is 4.40. The molecule has 2 aromatic heterocycles. The molecule has 3 heteroatoms. The van der Waals surface area contributed by atoms with Gasteiger partial charge in [0.25, 0.3) is 0 Å². The average molecular weight is 285 g/mol. The molecule has 3 nitrogen and oxygen atoms in total. The number of fused-ring (bicyclic) bond motifs is 1. The van der Waals surface area contributed by atoms with E-state index in [1.54, 1.807) is 6.20 Å². The summed E-state index contributed by atoms with van der Waals surface area (Å²) in [6.45, 7) is 2.08. The lowest BCUT2D eigenvalue weighted by Crippen LogP contribution is -1.98. The van der Waals surface area contributed by atoms with E-state index in [4.69, 9.17) is 4.98 Å². The Morgan fingerprint density at radius 2 is 1.68 bits per heavy atom. The molecule has 0 aliphatic rings. The standard InChI is InChI=1S/C19H15N3/c1-14-10-11-18-17(13-14)21-19(16-9-5-6-12-20-16)22(18)15-7-3-2-4-8-15/h2-13H,1H3. The minimum atomic E-state index is 0.868. The highest BCUT2D eigenvalue weighted by molar-refractivity contribution is 5.83. The normalized spacial score (nSPS) is 11.0. The summed E-state index contributed by atoms with van der Waals surface area (Å²) in [6.07, 6.45) is 1.80. The molecule has 22 heavy (non-hydrogen) atoms. The summed E-state index contributed by atoms with van der Waals surface area (Å²) >= 11 is 0. The monoisotopic (exact) mass is 285 g/mol. The van der Waals surface area contributed by atoms with Crippen LogP contribution < -0.4 is 0 Å². The SMILES string of the molecule is Cc1ccc2c(c1)nc(-c1ccccn1)n2-c1ccccc1. The van der Waals surface area contributed by atoms with Crippen LogP contribution in [-0.4, -0.2) is 14.5 Å². The number of aryl methyl sites for hydroxylation is 1. The highest BCUT2D eigenvalue weighted by Crippen LogP contribution is 2.27. The van der Waals surface area contributed by atoms with Gasteiger partial charge < -0.3 is 0 Å². The van der Waals surface area contributed by atoms with Crippen LogP contribution in [0.15, 0.2) is 72.9 Å². The summed E-state index contributed by atoms with van der Waals surface area (Å²) in [5, 5.41) is 0. The highest BCUT2D eigenvalue weighted by atomic mass is 15.1. The van der Waals surface area contributed by atoms with Crippen LogP contribution in [0.4, 0.5) is 0 Å². The Balaban J connectivity index is 2.07. The molecule has 0 spiro atoms. The number of hydrogen-bond acceptors (Lipinski definition) is 2. The molecule has 0 radical (unpaired) electrons. The molecule has 0 fully saturated rings. The molecule has 0 saturated heterocycles. The molecule has 106 valence electrons. The molecule has 0 bridgehead atoms. The van der Waals surface area contributed by atoms with Gasteiger partial charge in [0.05, 0.1) is 11.0 Å². The number of benzene rings is 2. The van der Waals surface area contributed by atoms with E-state index in [1.165, 1.54) is 5.56 Å². The van der Waals surface area contributed by atoms with Crippen molar-refractivity contribution < 1.29 is 0 Å². The molecule has 0 unspecified atom stereocenters. The van der Waals surface area contributed by atoms with Crippen molar-refractivity contribution in [1.29, 1.82) is 0 Å². The first-order valence-corrected chi connectivity index (χ1v) is 7.29. The molecule has 0 amide bonds. The van der Waals surface area contributed by atoms with Gasteiger partial charge in [-0.2, -0.15) is 0 Å². The van der Waals surface area contributed by atoms with Crippen molar-refractivity contribution in [3.8, 4) is 17.2 Å². The molecular weight excluding hydrogens is 270 g/mol. The third kappa shape index (κ3) is 2.07. The summed E-state index contributed by atoms with van der Waals surface area (Å²) in [5.74, 6) is 0.868. The lowest BCUT2D eigenvalue weighted by atomic mass is 10.2. The maximum absolute atomic E-state index is 4.82. The molecule has 2 heterocycles. The number of para-hydroxylation sites is 1. The van der Waals surface area contributed by atoms with Crippen LogP contribution in [0.5, 0.6) is 0 Å². The fourth-order valence-electron chi connectivity index (χ4n) is 2.70. The quantitative estimate of drug-likeness (QED) is 0.546. The number of hydrogen-bond donors (Lipinski definition) is 0. The van der Waals surface area contributed by atoms with Crippen molar-refractivity contribution in [2.45, 2.75) is 6.92 Å². The molecule has 0 aliphatic carbocycles. The first-order valence-electron chi connectivity index (χ1n) is 7.29. The smallest absolute Gasteiger partial charge is 0.164 e. The molecule has 0 saturated carbocycles. The van der Waals surface area contributed by atoms with Crippen LogP contribution in [-0.2, 0) is 0 Å². The Kier molecular flexibility index (Phi) is 2.97. The lowest BCUT2D eigenvalue weighted by Gasteiger charge is -2.08. The van der Waals surface area contributed by atoms with E-state index in [2.05, 4.69) is 46.8 Å². The van der Waals surface area contributed by atoms with Crippen LogP contribution in [0, 0.1) is 6.92 Å². The van der Waals surface area contributed by atoms with Crippen LogP contribution >= 0.6 is 0 Å². The van der Waals surface area contributed by atoms with Gasteiger partial charge in [-0.1, -0.05) is 30.3 Å². The summed E-state index contributed by atoms with van der Waals surface area (Å²) in [6, 6.07) is 22.5. The van der Waals surface area contributed by atoms with E-state index in [0.29, 0.717) is 0 Å². The largest absolute Gasteiger partial charge is 0.291 e. The fourth-order valence-corrected chi connectivity index (χ4v) is 2.70. The third-order valence-electron chi connectivity index (χ3n) is 3.72. The van der Waals surface area contributed by atoms with Gasteiger partial charge in [-0.15, -0.1) is 0 Å². The van der Waals surface area contributed by atoms with E-state index >= 15 is 0 Å². The molecular formula is C19H15N3. The van der Waals surface area contributed by atoms with Crippen molar-refractivity contribution in [3.63, 3.8) is 0 Å². The van der Waals surface area contributed by atoms with Gasteiger partial charge >= 0.3 is 0 Å². The Morgan fingerprint density at radius 3 is 2.45 bits per heavy atom. The summed E-state index contributed by atoms with van der Waals surface area (Å²) in [4.78, 5) is 9.29. The second-order valence-corrected chi connectivity index (χ2v) is 5.31. The summed E-state index contributed by atoms with van der Waals surface area (Å²) < 4.78 is 2.16. The second-order valence-electron chi connectivity index (χ2n) is 5.31. The topological polar surface area (TPSA) is 30.7 Å². The molecule has 0 N–H and O–H groups in total. The van der Waals surface area contributed by atoms with Gasteiger partial charge in [0.1, 0.15) is 5.69 Å². The highest BCUT2D eigenvalue weighted by Gasteiger charge is 2.14. The number of pyridine rings is 1. The summed E-state index contributed by atoms with van der Waals surface area (Å²) in [7, 11) is 0. The van der Waals surface area contributed by atoms with Crippen molar-refractivity contribution in [2.24, 2.45) is 0 Å². The van der Waals surface area contributed by atoms with Gasteiger partial charge in [0.15, 0.2) is 5.82 Å². The van der Waals surface area contributed by atoms with Crippen LogP contribution in [0.1, 0.15) is 5.56 Å². The van der Waals surface area contributed by atoms with Gasteiger partial charge in [-0.05, 0) is 48.9 Å². The number of imidazole rings is 1. The molecule has 2 aromatic carbocycles. The van der Waals surface area contributed by atoms with E-state index in [1.807, 2.05) is 36.4 Å². The zero-order chi connectivity index (χ0) is 14.9. The average Bonchev–Trinajstić information content (AvgIpc) is 2.95. The van der Waals surface area contributed by atoms with E-state index in [9.17, 15) is 0 Å². The molecule has 4 rings (SSSR count). The van der Waals surface area contributed by atoms with Crippen molar-refractivity contribution in [1.82, 2.24) is 14.5 Å². The second kappa shape index (κ2) is 5.11. The first-order chi connectivity index (χ1) is 10.8. The summed E-state index contributed by atoms with van der Waals surface area (Å²) in [5.41, 5.74) is 5.26. The van der Waals surface area contributed by atoms with Gasteiger partial charge in [-0.3, -0.25) is 9.55 Å². The predicted molar refractivity (Wildman–Crippen MR) is 89.0 cm³/mol. The number of nitrogens with zero attached hydrogens (tertiary/aromatic N) is 3. The van der Waals surface area contributed by atoms with Crippen LogP contribution in [0.25, 0.3) is 28.2 Å². The van der Waals surface area contributed by atoms with Gasteiger partial charge in [-0.25, -0.2) is 4.98 Å². The number of aromatic nitrogens is 3. The van der Waals surface area contributed by atoms with Crippen molar-refractivity contribution >= 4 is 11.0 Å². The van der Waals surface area contributed by atoms with Gasteiger partial charge in [0, 0.05) is 11.9 Å². The van der Waals surface area contributed by atoms with Crippen LogP contribution in [0.3, 0.4) is 0 Å². The van der Waals surface area contributed by atoms with Crippen molar-refractivity contribution in [3.05, 3.63) is 78.5 Å². The Hall–Kier alpha value is -2.94. The fraction of sp³-hybridized carbons (Fsp3) is 0.0526. The van der Waals surface area contributed by atoms with E-state index < -0.39 is 0 Å². The first kappa shape index (κ1) is 12.8. The maximum Gasteiger partial charge on any atom is 0.164 e. The van der Waals surface area contributed by atoms with E-state index in [-0.39, 0.29) is 0 Å². The van der Waals surface area contributed by atoms with Gasteiger partial charge in [0.2, 0.25) is 0 Å². The molecule has 4 aromatic rings. The zero-order valence-corrected chi connectivity index (χ0v) is 12.3. The Morgan fingerprint density at radius 1 is 0.864 bits per heavy atom. The van der Waals surface area contributed by atoms with Crippen molar-refractivity contribution in [2.75, 3.05) is 0 Å². The molecule has 0 atom stereocenters. The third-order valence-corrected chi connectivity index (χ3v) is 3.72.